The number of halogens is 1. The number of amides is 2. The van der Waals surface area contributed by atoms with Crippen molar-refractivity contribution in [1.82, 2.24) is 10.2 Å². The summed E-state index contributed by atoms with van der Waals surface area (Å²) in [5.74, 6) is -0.208. The molecule has 1 aliphatic heterocycles. The fourth-order valence-corrected chi connectivity index (χ4v) is 3.31. The molecule has 5 heteroatoms. The monoisotopic (exact) mass is 400 g/mol. The zero-order valence-electron chi connectivity index (χ0n) is 14.0. The number of rotatable bonds is 5. The molecule has 1 heterocycles. The molecule has 0 radical (unpaired) electrons. The van der Waals surface area contributed by atoms with Gasteiger partial charge in [0.05, 0.1) is 0 Å². The van der Waals surface area contributed by atoms with E-state index in [1.165, 1.54) is 0 Å². The van der Waals surface area contributed by atoms with E-state index in [0.717, 1.165) is 36.0 Å². The molecule has 1 saturated heterocycles. The van der Waals surface area contributed by atoms with Crippen LogP contribution in [-0.4, -0.2) is 35.8 Å². The van der Waals surface area contributed by atoms with Crippen molar-refractivity contribution in [1.29, 1.82) is 0 Å². The first-order valence-corrected chi connectivity index (χ1v) is 9.32. The van der Waals surface area contributed by atoms with Gasteiger partial charge in [-0.3, -0.25) is 9.59 Å². The normalized spacial score (nSPS) is 15.0. The lowest BCUT2D eigenvalue weighted by Crippen LogP contribution is -2.49. The number of carbonyl (C=O) groups excluding carboxylic acids is 2. The first-order chi connectivity index (χ1) is 12.1. The second-order valence-electron chi connectivity index (χ2n) is 6.26. The number of benzene rings is 2. The van der Waals surface area contributed by atoms with Crippen molar-refractivity contribution < 1.29 is 9.59 Å². The van der Waals surface area contributed by atoms with Gasteiger partial charge in [0, 0.05) is 29.5 Å². The van der Waals surface area contributed by atoms with Gasteiger partial charge in [-0.15, -0.1) is 0 Å². The van der Waals surface area contributed by atoms with Gasteiger partial charge in [0.25, 0.3) is 5.91 Å². The van der Waals surface area contributed by atoms with Crippen LogP contribution in [0.1, 0.15) is 28.8 Å². The van der Waals surface area contributed by atoms with E-state index < -0.39 is 6.04 Å². The van der Waals surface area contributed by atoms with Crippen LogP contribution in [0.4, 0.5) is 0 Å². The van der Waals surface area contributed by atoms with Crippen molar-refractivity contribution in [3.05, 3.63) is 70.2 Å². The van der Waals surface area contributed by atoms with Gasteiger partial charge in [-0.05, 0) is 42.7 Å². The third kappa shape index (κ3) is 4.69. The molecule has 0 bridgehead atoms. The summed E-state index contributed by atoms with van der Waals surface area (Å²) < 4.78 is 0.993. The molecule has 2 amide bonds. The maximum absolute atomic E-state index is 12.9. The van der Waals surface area contributed by atoms with Crippen molar-refractivity contribution in [2.75, 3.05) is 13.1 Å². The summed E-state index contributed by atoms with van der Waals surface area (Å²) in [7, 11) is 0. The number of nitrogens with one attached hydrogen (secondary N) is 1. The Bertz CT molecular complexity index is 725. The lowest BCUT2D eigenvalue weighted by molar-refractivity contribution is -0.132. The van der Waals surface area contributed by atoms with E-state index in [2.05, 4.69) is 21.2 Å². The molecule has 4 nitrogen and oxygen atoms in total. The molecule has 1 aliphatic rings. The van der Waals surface area contributed by atoms with E-state index in [-0.39, 0.29) is 11.8 Å². The van der Waals surface area contributed by atoms with Crippen molar-refractivity contribution in [2.45, 2.75) is 25.3 Å². The highest BCUT2D eigenvalue weighted by atomic mass is 79.9. The minimum Gasteiger partial charge on any atom is -0.341 e. The molecule has 1 unspecified atom stereocenters. The van der Waals surface area contributed by atoms with Crippen LogP contribution >= 0.6 is 15.9 Å². The summed E-state index contributed by atoms with van der Waals surface area (Å²) in [6.07, 6.45) is 2.55. The zero-order chi connectivity index (χ0) is 17.6. The highest BCUT2D eigenvalue weighted by Gasteiger charge is 2.28. The summed E-state index contributed by atoms with van der Waals surface area (Å²) in [4.78, 5) is 27.3. The third-order valence-electron chi connectivity index (χ3n) is 4.41. The van der Waals surface area contributed by atoms with Crippen LogP contribution in [0.25, 0.3) is 0 Å². The lowest BCUT2D eigenvalue weighted by atomic mass is 10.0. The van der Waals surface area contributed by atoms with Gasteiger partial charge in [0.15, 0.2) is 0 Å². The maximum atomic E-state index is 12.9. The van der Waals surface area contributed by atoms with Crippen molar-refractivity contribution in [3.63, 3.8) is 0 Å². The fourth-order valence-electron chi connectivity index (χ4n) is 3.05. The molecule has 2 aromatic carbocycles. The highest BCUT2D eigenvalue weighted by molar-refractivity contribution is 9.10. The number of likely N-dealkylation sites (tertiary alicyclic amines) is 1. The molecule has 1 fully saturated rings. The predicted molar refractivity (Wildman–Crippen MR) is 101 cm³/mol. The van der Waals surface area contributed by atoms with E-state index in [0.29, 0.717) is 12.0 Å². The summed E-state index contributed by atoms with van der Waals surface area (Å²) in [6.45, 7) is 1.55. The summed E-state index contributed by atoms with van der Waals surface area (Å²) >= 11 is 3.42. The van der Waals surface area contributed by atoms with E-state index in [9.17, 15) is 9.59 Å². The number of hydrogen-bond acceptors (Lipinski definition) is 2. The van der Waals surface area contributed by atoms with Gasteiger partial charge >= 0.3 is 0 Å². The quantitative estimate of drug-likeness (QED) is 0.835. The Hall–Kier alpha value is -2.14. The molecule has 130 valence electrons. The molecule has 0 spiro atoms. The minimum atomic E-state index is -0.549. The van der Waals surface area contributed by atoms with Gasteiger partial charge in [0.2, 0.25) is 5.91 Å². The predicted octanol–water partition coefficient (Wildman–Crippen LogP) is 3.41. The van der Waals surface area contributed by atoms with Crippen LogP contribution in [0.15, 0.2) is 59.1 Å². The second kappa shape index (κ2) is 8.30. The van der Waals surface area contributed by atoms with Crippen LogP contribution in [0.2, 0.25) is 0 Å². The Labute approximate surface area is 156 Å². The summed E-state index contributed by atoms with van der Waals surface area (Å²) in [5, 5.41) is 2.93. The Morgan fingerprint density at radius 3 is 2.28 bits per heavy atom. The number of carbonyl (C=O) groups is 2. The smallest absolute Gasteiger partial charge is 0.251 e. The average molecular weight is 401 g/mol. The fraction of sp³-hybridized carbons (Fsp3) is 0.300. The Morgan fingerprint density at radius 1 is 1.00 bits per heavy atom. The molecule has 0 saturated carbocycles. The summed E-state index contributed by atoms with van der Waals surface area (Å²) in [5.41, 5.74) is 1.59. The molecule has 25 heavy (non-hydrogen) atoms. The van der Waals surface area contributed by atoms with Crippen LogP contribution in [0, 0.1) is 0 Å². The van der Waals surface area contributed by atoms with E-state index in [1.54, 1.807) is 12.1 Å². The van der Waals surface area contributed by atoms with Gasteiger partial charge in [0.1, 0.15) is 6.04 Å². The topological polar surface area (TPSA) is 49.4 Å². The van der Waals surface area contributed by atoms with E-state index in [1.807, 2.05) is 47.4 Å². The molecule has 3 rings (SSSR count). The lowest BCUT2D eigenvalue weighted by Gasteiger charge is -2.24. The molecular formula is C20H21BrN2O2. The summed E-state index contributed by atoms with van der Waals surface area (Å²) in [6, 6.07) is 16.3. The molecule has 0 aliphatic carbocycles. The van der Waals surface area contributed by atoms with Crippen LogP contribution < -0.4 is 5.32 Å². The molecule has 2 aromatic rings. The van der Waals surface area contributed by atoms with Gasteiger partial charge in [-0.2, -0.15) is 0 Å². The number of hydrogen-bond donors (Lipinski definition) is 1. The largest absolute Gasteiger partial charge is 0.341 e. The molecule has 0 aromatic heterocycles. The third-order valence-corrected chi connectivity index (χ3v) is 4.94. The Morgan fingerprint density at radius 2 is 1.64 bits per heavy atom. The maximum Gasteiger partial charge on any atom is 0.251 e. The van der Waals surface area contributed by atoms with Crippen molar-refractivity contribution >= 4 is 27.7 Å². The van der Waals surface area contributed by atoms with Crippen molar-refractivity contribution in [3.8, 4) is 0 Å². The van der Waals surface area contributed by atoms with Crippen LogP contribution in [0.5, 0.6) is 0 Å². The van der Waals surface area contributed by atoms with Gasteiger partial charge < -0.3 is 10.2 Å². The Kier molecular flexibility index (Phi) is 5.87. The zero-order valence-corrected chi connectivity index (χ0v) is 15.5. The SMILES string of the molecule is O=C(NC(Cc1ccc(Br)cc1)C(=O)N1CCCC1)c1ccccc1. The van der Waals surface area contributed by atoms with Crippen LogP contribution in [-0.2, 0) is 11.2 Å². The van der Waals surface area contributed by atoms with E-state index in [4.69, 9.17) is 0 Å². The van der Waals surface area contributed by atoms with Gasteiger partial charge in [-0.25, -0.2) is 0 Å². The Balaban J connectivity index is 1.76. The van der Waals surface area contributed by atoms with Gasteiger partial charge in [-0.1, -0.05) is 46.3 Å². The first kappa shape index (κ1) is 17.7. The second-order valence-corrected chi connectivity index (χ2v) is 7.17. The highest BCUT2D eigenvalue weighted by Crippen LogP contribution is 2.15. The minimum absolute atomic E-state index is 0.00435. The van der Waals surface area contributed by atoms with E-state index >= 15 is 0 Å². The van der Waals surface area contributed by atoms with Crippen molar-refractivity contribution in [2.24, 2.45) is 0 Å². The molecular weight excluding hydrogens is 380 g/mol. The van der Waals surface area contributed by atoms with Crippen LogP contribution in [0.3, 0.4) is 0 Å². The molecule has 1 atom stereocenters. The standard InChI is InChI=1S/C20H21BrN2O2/c21-17-10-8-15(9-11-17)14-18(20(25)23-12-4-5-13-23)22-19(24)16-6-2-1-3-7-16/h1-3,6-11,18H,4-5,12-14H2,(H,22,24). The average Bonchev–Trinajstić information content (AvgIpc) is 3.17. The number of nitrogens with zero attached hydrogens (tertiary/aromatic N) is 1. The first-order valence-electron chi connectivity index (χ1n) is 8.52. The molecule has 1 N–H and O–H groups in total.